The van der Waals surface area contributed by atoms with Crippen molar-refractivity contribution < 1.29 is 37.3 Å². The van der Waals surface area contributed by atoms with E-state index in [1.54, 1.807) is 0 Å². The zero-order valence-electron chi connectivity index (χ0n) is 57.4. The first kappa shape index (κ1) is 83.7. The van der Waals surface area contributed by atoms with Gasteiger partial charge in [0.25, 0.3) is 7.82 Å². The lowest BCUT2D eigenvalue weighted by atomic mass is 10.0. The molecule has 10 heteroatoms. The predicted octanol–water partition coefficient (Wildman–Crippen LogP) is 22.6. The highest BCUT2D eigenvalue weighted by molar-refractivity contribution is 7.45. The summed E-state index contributed by atoms with van der Waals surface area (Å²) in [5.74, 6) is -0.548. The molecule has 0 aliphatic heterocycles. The van der Waals surface area contributed by atoms with Crippen LogP contribution in [0.25, 0.3) is 0 Å². The maximum Gasteiger partial charge on any atom is 0.306 e. The average Bonchev–Trinajstić information content (AvgIpc) is 3.70. The number of esters is 1. The second-order valence-electron chi connectivity index (χ2n) is 25.4. The summed E-state index contributed by atoms with van der Waals surface area (Å²) in [6.45, 7) is 6.71. The normalized spacial score (nSPS) is 14.1. The second kappa shape index (κ2) is 65.6. The van der Waals surface area contributed by atoms with Crippen LogP contribution in [0.2, 0.25) is 0 Å². The van der Waals surface area contributed by atoms with Crippen molar-refractivity contribution in [1.82, 2.24) is 5.32 Å². The minimum absolute atomic E-state index is 0.0281. The van der Waals surface area contributed by atoms with E-state index in [-0.39, 0.29) is 24.9 Å². The van der Waals surface area contributed by atoms with Crippen molar-refractivity contribution in [3.05, 3.63) is 109 Å². The lowest BCUT2D eigenvalue weighted by Gasteiger charge is -2.30. The Bertz CT molecular complexity index is 1860. The zero-order valence-corrected chi connectivity index (χ0v) is 58.3. The second-order valence-corrected chi connectivity index (χ2v) is 26.8. The minimum Gasteiger partial charge on any atom is -0.756 e. The Morgan fingerprint density at radius 2 is 0.736 bits per heavy atom. The van der Waals surface area contributed by atoms with Gasteiger partial charge in [-0.05, 0) is 115 Å². The molecule has 0 bridgehead atoms. The van der Waals surface area contributed by atoms with Gasteiger partial charge >= 0.3 is 5.97 Å². The molecule has 0 aromatic heterocycles. The lowest BCUT2D eigenvalue weighted by Crippen LogP contribution is -2.47. The first-order valence-corrected chi connectivity index (χ1v) is 37.7. The van der Waals surface area contributed by atoms with Crippen LogP contribution in [-0.2, 0) is 27.9 Å². The smallest absolute Gasteiger partial charge is 0.306 e. The molecule has 1 N–H and O–H groups in total. The van der Waals surface area contributed by atoms with E-state index in [0.717, 1.165) is 116 Å². The van der Waals surface area contributed by atoms with Gasteiger partial charge in [0.15, 0.2) is 0 Å². The molecule has 0 aromatic rings. The Kier molecular flexibility index (Phi) is 63.1. The molecule has 3 unspecified atom stereocenters. The molecule has 3 atom stereocenters. The number of hydrogen-bond acceptors (Lipinski definition) is 7. The number of nitrogens with zero attached hydrogens (tertiary/aromatic N) is 1. The number of carbonyl (C=O) groups is 2. The van der Waals surface area contributed by atoms with Gasteiger partial charge in [-0.25, -0.2) is 0 Å². The SMILES string of the molecule is CC/C=C\C/C=C\C/C=C\C/C=C\C/C=C\CCCCCCCCCCCC(=O)NC(COP(=O)([O-])OCC[N+](C)(C)C)C(/C=C/CCCCCCCCCCC)OC(=O)CCCCCCCCCCCCCC/C=C\C/C=C\C/C=C\CCCCC. The summed E-state index contributed by atoms with van der Waals surface area (Å²) < 4.78 is 30.4. The van der Waals surface area contributed by atoms with Crippen LogP contribution in [0.4, 0.5) is 0 Å². The molecule has 0 aliphatic carbocycles. The molecule has 0 spiro atoms. The number of amides is 1. The minimum atomic E-state index is -4.71. The maximum absolute atomic E-state index is 13.6. The number of ether oxygens (including phenoxy) is 1. The van der Waals surface area contributed by atoms with Gasteiger partial charge in [0.05, 0.1) is 33.8 Å². The molecule has 0 saturated heterocycles. The largest absolute Gasteiger partial charge is 0.756 e. The van der Waals surface area contributed by atoms with Crippen LogP contribution < -0.4 is 10.2 Å². The maximum atomic E-state index is 13.6. The van der Waals surface area contributed by atoms with Crippen LogP contribution in [-0.4, -0.2) is 69.4 Å². The molecule has 0 aliphatic rings. The molecule has 0 fully saturated rings. The Labute approximate surface area is 538 Å². The van der Waals surface area contributed by atoms with Gasteiger partial charge in [0.1, 0.15) is 19.3 Å². The summed E-state index contributed by atoms with van der Waals surface area (Å²) in [5.41, 5.74) is 0. The van der Waals surface area contributed by atoms with Crippen molar-refractivity contribution in [3.8, 4) is 0 Å². The van der Waals surface area contributed by atoms with E-state index in [9.17, 15) is 19.0 Å². The highest BCUT2D eigenvalue weighted by Gasteiger charge is 2.27. The topological polar surface area (TPSA) is 114 Å². The van der Waals surface area contributed by atoms with E-state index in [2.05, 4.69) is 123 Å². The standard InChI is InChI=1S/C77H137N2O7P/c1-7-10-13-16-19-22-25-27-29-31-33-35-37-39-41-43-45-47-49-51-54-57-60-63-66-69-76(80)78-74(73-85-87(82,83)84-72-71-79(4,5)6)75(68-65-62-59-56-53-24-21-18-15-12-9-3)86-77(81)70-67-64-61-58-55-52-50-48-46-44-42-40-38-36-34-32-30-28-26-23-20-17-14-11-8-2/h10,13,19-20,22-23,27-30,33-36,39,41,65,68,74-75H,7-9,11-12,14-18,21,24-26,31-32,37-38,40,42-64,66-67,69-73H2,1-6H3,(H-,78,80,82,83)/b13-10-,22-19-,23-20-,29-27-,30-28-,35-33-,36-34-,41-39-,68-65+. The Morgan fingerprint density at radius 1 is 0.414 bits per heavy atom. The van der Waals surface area contributed by atoms with Crippen LogP contribution in [0.1, 0.15) is 316 Å². The highest BCUT2D eigenvalue weighted by atomic mass is 31.2. The summed E-state index contributed by atoms with van der Waals surface area (Å²) >= 11 is 0. The van der Waals surface area contributed by atoms with Crippen molar-refractivity contribution in [1.29, 1.82) is 0 Å². The van der Waals surface area contributed by atoms with Crippen molar-refractivity contribution in [2.24, 2.45) is 0 Å². The monoisotopic (exact) mass is 1230 g/mol. The zero-order chi connectivity index (χ0) is 63.5. The van der Waals surface area contributed by atoms with E-state index >= 15 is 0 Å². The van der Waals surface area contributed by atoms with Crippen LogP contribution in [0.3, 0.4) is 0 Å². The first-order chi connectivity index (χ1) is 42.4. The van der Waals surface area contributed by atoms with Gasteiger partial charge in [-0.1, -0.05) is 297 Å². The van der Waals surface area contributed by atoms with Crippen molar-refractivity contribution >= 4 is 19.7 Å². The molecule has 1 amide bonds. The highest BCUT2D eigenvalue weighted by Crippen LogP contribution is 2.38. The van der Waals surface area contributed by atoms with Crippen LogP contribution in [0.15, 0.2) is 109 Å². The van der Waals surface area contributed by atoms with Gasteiger partial charge in [-0.3, -0.25) is 14.2 Å². The van der Waals surface area contributed by atoms with Gasteiger partial charge in [-0.2, -0.15) is 0 Å². The molecule has 0 saturated carbocycles. The van der Waals surface area contributed by atoms with E-state index in [1.807, 2.05) is 33.3 Å². The number of nitrogens with one attached hydrogen (secondary N) is 1. The van der Waals surface area contributed by atoms with Gasteiger partial charge in [0.2, 0.25) is 5.91 Å². The van der Waals surface area contributed by atoms with Gasteiger partial charge in [0, 0.05) is 12.8 Å². The third-order valence-corrected chi connectivity index (χ3v) is 16.7. The molecule has 0 heterocycles. The van der Waals surface area contributed by atoms with Crippen molar-refractivity contribution in [3.63, 3.8) is 0 Å². The summed E-state index contributed by atoms with van der Waals surface area (Å²) in [4.78, 5) is 40.2. The van der Waals surface area contributed by atoms with Gasteiger partial charge in [-0.15, -0.1) is 0 Å². The Hall–Kier alpha value is -3.33. The molecule has 502 valence electrons. The fourth-order valence-corrected chi connectivity index (χ4v) is 10.9. The fourth-order valence-electron chi connectivity index (χ4n) is 10.1. The Balaban J connectivity index is 5.02. The number of unbranched alkanes of at least 4 members (excludes halogenated alkanes) is 33. The molecule has 0 radical (unpaired) electrons. The fraction of sp³-hybridized carbons (Fsp3) is 0.740. The Morgan fingerprint density at radius 3 is 1.13 bits per heavy atom. The first-order valence-electron chi connectivity index (χ1n) is 36.2. The number of allylic oxidation sites excluding steroid dienone is 17. The van der Waals surface area contributed by atoms with Crippen LogP contribution >= 0.6 is 7.82 Å². The number of rotatable bonds is 65. The average molecular weight is 1230 g/mol. The quantitative estimate of drug-likeness (QED) is 0.0212. The van der Waals surface area contributed by atoms with Crippen molar-refractivity contribution in [2.45, 2.75) is 328 Å². The molecular weight excluding hydrogens is 1100 g/mol. The summed E-state index contributed by atoms with van der Waals surface area (Å²) in [6, 6.07) is -0.900. The number of phosphoric ester groups is 1. The number of quaternary nitrogens is 1. The molecule has 87 heavy (non-hydrogen) atoms. The summed E-state index contributed by atoms with van der Waals surface area (Å²) in [7, 11) is 1.17. The summed E-state index contributed by atoms with van der Waals surface area (Å²) in [6.07, 6.45) is 90.7. The summed E-state index contributed by atoms with van der Waals surface area (Å²) in [5, 5.41) is 3.04. The number of phosphoric acid groups is 1. The predicted molar refractivity (Wildman–Crippen MR) is 376 cm³/mol. The van der Waals surface area contributed by atoms with Crippen LogP contribution in [0.5, 0.6) is 0 Å². The molecule has 9 nitrogen and oxygen atoms in total. The van der Waals surface area contributed by atoms with E-state index in [0.29, 0.717) is 17.4 Å². The molecule has 0 aromatic carbocycles. The van der Waals surface area contributed by atoms with E-state index in [4.69, 9.17) is 13.8 Å². The third kappa shape index (κ3) is 66.9. The lowest BCUT2D eigenvalue weighted by molar-refractivity contribution is -0.870. The van der Waals surface area contributed by atoms with E-state index < -0.39 is 26.6 Å². The number of hydrogen-bond donors (Lipinski definition) is 1. The van der Waals surface area contributed by atoms with Crippen LogP contribution in [0, 0.1) is 0 Å². The number of likely N-dealkylation sites (N-methyl/N-ethyl adjacent to an activating group) is 1. The molecule has 0 rings (SSSR count). The van der Waals surface area contributed by atoms with Crippen molar-refractivity contribution in [2.75, 3.05) is 40.9 Å². The molecular formula is C77H137N2O7P. The number of carbonyl (C=O) groups excluding carboxylic acids is 2. The van der Waals surface area contributed by atoms with E-state index in [1.165, 1.54) is 167 Å². The van der Waals surface area contributed by atoms with Gasteiger partial charge < -0.3 is 28.5 Å². The third-order valence-electron chi connectivity index (χ3n) is 15.7.